The van der Waals surface area contributed by atoms with Gasteiger partial charge in [0, 0.05) is 6.07 Å². The molecular formula is C13H12ClFN2O. The first kappa shape index (κ1) is 11.7. The van der Waals surface area contributed by atoms with Crippen molar-refractivity contribution in [2.75, 3.05) is 5.01 Å². The molecule has 1 aliphatic carbocycles. The van der Waals surface area contributed by atoms with Crippen molar-refractivity contribution in [1.29, 1.82) is 0 Å². The van der Waals surface area contributed by atoms with E-state index in [0.29, 0.717) is 5.69 Å². The molecule has 0 N–H and O–H groups in total. The maximum atomic E-state index is 13.4. The summed E-state index contributed by atoms with van der Waals surface area (Å²) < 4.78 is 13.4. The number of rotatable bonds is 1. The van der Waals surface area contributed by atoms with Crippen LogP contribution in [0.15, 0.2) is 23.3 Å². The summed E-state index contributed by atoms with van der Waals surface area (Å²) in [5.74, 6) is -0.680. The number of hydrazone groups is 1. The lowest BCUT2D eigenvalue weighted by Gasteiger charge is -2.17. The molecule has 1 saturated carbocycles. The first-order valence-corrected chi connectivity index (χ1v) is 6.41. The number of benzene rings is 1. The van der Waals surface area contributed by atoms with Crippen molar-refractivity contribution in [3.63, 3.8) is 0 Å². The van der Waals surface area contributed by atoms with Gasteiger partial charge in [-0.2, -0.15) is 5.10 Å². The first-order chi connectivity index (χ1) is 8.66. The molecule has 0 spiro atoms. The third-order valence-electron chi connectivity index (χ3n) is 3.46. The minimum absolute atomic E-state index is 0.0496. The molecule has 5 heteroatoms. The molecule has 3 rings (SSSR count). The van der Waals surface area contributed by atoms with Gasteiger partial charge in [0.1, 0.15) is 5.82 Å². The minimum Gasteiger partial charge on any atom is -0.272 e. The lowest BCUT2D eigenvalue weighted by molar-refractivity contribution is -0.120. The lowest BCUT2D eigenvalue weighted by Crippen LogP contribution is -2.28. The largest absolute Gasteiger partial charge is 0.272 e. The SMILES string of the molecule is O=C1C2CCCCC2=NN1c1ccc(Cl)c(F)c1. The van der Waals surface area contributed by atoms with Crippen LogP contribution in [0.5, 0.6) is 0 Å². The molecule has 1 unspecified atom stereocenters. The lowest BCUT2D eigenvalue weighted by atomic mass is 9.87. The van der Waals surface area contributed by atoms with Crippen LogP contribution in [0, 0.1) is 11.7 Å². The average molecular weight is 267 g/mol. The number of hydrogen-bond donors (Lipinski definition) is 0. The van der Waals surface area contributed by atoms with E-state index in [0.717, 1.165) is 31.4 Å². The van der Waals surface area contributed by atoms with Gasteiger partial charge in [0.15, 0.2) is 0 Å². The number of fused-ring (bicyclic) bond motifs is 1. The quantitative estimate of drug-likeness (QED) is 0.767. The van der Waals surface area contributed by atoms with Crippen LogP contribution in [0.4, 0.5) is 10.1 Å². The molecule has 0 saturated heterocycles. The summed E-state index contributed by atoms with van der Waals surface area (Å²) in [4.78, 5) is 12.2. The molecule has 1 fully saturated rings. The van der Waals surface area contributed by atoms with Crippen LogP contribution in [0.2, 0.25) is 5.02 Å². The van der Waals surface area contributed by atoms with E-state index in [1.807, 2.05) is 0 Å². The standard InChI is InChI=1S/C13H12ClFN2O/c14-10-6-5-8(7-11(10)15)17-13(18)9-3-1-2-4-12(9)16-17/h5-7,9H,1-4H2. The van der Waals surface area contributed by atoms with E-state index in [1.165, 1.54) is 17.1 Å². The smallest absolute Gasteiger partial charge is 0.256 e. The van der Waals surface area contributed by atoms with Crippen molar-refractivity contribution in [3.05, 3.63) is 29.0 Å². The van der Waals surface area contributed by atoms with Gasteiger partial charge in [-0.15, -0.1) is 0 Å². The number of anilines is 1. The highest BCUT2D eigenvalue weighted by molar-refractivity contribution is 6.30. The monoisotopic (exact) mass is 266 g/mol. The number of amides is 1. The summed E-state index contributed by atoms with van der Waals surface area (Å²) in [6.07, 6.45) is 3.84. The van der Waals surface area contributed by atoms with Gasteiger partial charge in [-0.25, -0.2) is 9.40 Å². The van der Waals surface area contributed by atoms with Crippen molar-refractivity contribution in [2.24, 2.45) is 11.0 Å². The number of hydrogen-bond acceptors (Lipinski definition) is 2. The van der Waals surface area contributed by atoms with E-state index in [4.69, 9.17) is 11.6 Å². The number of nitrogens with zero attached hydrogens (tertiary/aromatic N) is 2. The fourth-order valence-electron chi connectivity index (χ4n) is 2.51. The van der Waals surface area contributed by atoms with Crippen molar-refractivity contribution in [3.8, 4) is 0 Å². The Morgan fingerprint density at radius 3 is 2.94 bits per heavy atom. The fraction of sp³-hybridized carbons (Fsp3) is 0.385. The average Bonchev–Trinajstić information content (AvgIpc) is 2.71. The zero-order valence-electron chi connectivity index (χ0n) is 9.70. The van der Waals surface area contributed by atoms with Crippen LogP contribution in [0.25, 0.3) is 0 Å². The van der Waals surface area contributed by atoms with Gasteiger partial charge in [0.2, 0.25) is 0 Å². The summed E-state index contributed by atoms with van der Waals surface area (Å²) in [6.45, 7) is 0. The van der Waals surface area contributed by atoms with Gasteiger partial charge in [0.25, 0.3) is 5.91 Å². The molecule has 1 aromatic rings. The van der Waals surface area contributed by atoms with Gasteiger partial charge in [-0.3, -0.25) is 4.79 Å². The van der Waals surface area contributed by atoms with Crippen LogP contribution in [0.3, 0.4) is 0 Å². The third kappa shape index (κ3) is 1.81. The Balaban J connectivity index is 1.95. The van der Waals surface area contributed by atoms with Crippen LogP contribution in [-0.2, 0) is 4.79 Å². The van der Waals surface area contributed by atoms with Gasteiger partial charge in [-0.05, 0) is 31.4 Å². The van der Waals surface area contributed by atoms with E-state index in [2.05, 4.69) is 5.10 Å². The van der Waals surface area contributed by atoms with E-state index in [1.54, 1.807) is 6.07 Å². The molecule has 0 aromatic heterocycles. The van der Waals surface area contributed by atoms with Gasteiger partial charge < -0.3 is 0 Å². The van der Waals surface area contributed by atoms with Crippen molar-refractivity contribution in [1.82, 2.24) is 0 Å². The Labute approximate surface area is 109 Å². The van der Waals surface area contributed by atoms with Gasteiger partial charge in [-0.1, -0.05) is 18.0 Å². The molecule has 2 aliphatic rings. The van der Waals surface area contributed by atoms with E-state index in [9.17, 15) is 9.18 Å². The Morgan fingerprint density at radius 1 is 1.39 bits per heavy atom. The second-order valence-corrected chi connectivity index (χ2v) is 5.05. The molecule has 1 amide bonds. The highest BCUT2D eigenvalue weighted by Crippen LogP contribution is 2.33. The normalized spacial score (nSPS) is 23.0. The zero-order valence-corrected chi connectivity index (χ0v) is 10.5. The number of carbonyl (C=O) groups is 1. The van der Waals surface area contributed by atoms with Crippen LogP contribution in [-0.4, -0.2) is 11.6 Å². The molecule has 94 valence electrons. The van der Waals surface area contributed by atoms with E-state index in [-0.39, 0.29) is 16.8 Å². The van der Waals surface area contributed by atoms with Crippen molar-refractivity contribution < 1.29 is 9.18 Å². The zero-order chi connectivity index (χ0) is 12.7. The van der Waals surface area contributed by atoms with Crippen LogP contribution < -0.4 is 5.01 Å². The van der Waals surface area contributed by atoms with Crippen LogP contribution >= 0.6 is 11.6 Å². The van der Waals surface area contributed by atoms with Gasteiger partial charge >= 0.3 is 0 Å². The Morgan fingerprint density at radius 2 is 2.22 bits per heavy atom. The van der Waals surface area contributed by atoms with E-state index >= 15 is 0 Å². The Bertz CT molecular complexity index is 544. The van der Waals surface area contributed by atoms with Crippen molar-refractivity contribution in [2.45, 2.75) is 25.7 Å². The summed E-state index contributed by atoms with van der Waals surface area (Å²) in [5, 5.41) is 5.68. The number of halogens is 2. The van der Waals surface area contributed by atoms with E-state index < -0.39 is 5.82 Å². The van der Waals surface area contributed by atoms with Gasteiger partial charge in [0.05, 0.1) is 22.3 Å². The predicted molar refractivity (Wildman–Crippen MR) is 68.3 cm³/mol. The number of carbonyl (C=O) groups excluding carboxylic acids is 1. The molecular weight excluding hydrogens is 255 g/mol. The second kappa shape index (κ2) is 4.35. The third-order valence-corrected chi connectivity index (χ3v) is 3.77. The Kier molecular flexibility index (Phi) is 2.82. The molecule has 0 radical (unpaired) electrons. The van der Waals surface area contributed by atoms with Crippen LogP contribution in [0.1, 0.15) is 25.7 Å². The summed E-state index contributed by atoms with van der Waals surface area (Å²) >= 11 is 5.63. The first-order valence-electron chi connectivity index (χ1n) is 6.03. The fourth-order valence-corrected chi connectivity index (χ4v) is 2.63. The molecule has 1 atom stereocenters. The molecule has 1 heterocycles. The minimum atomic E-state index is -0.531. The maximum absolute atomic E-state index is 13.4. The molecule has 1 aliphatic heterocycles. The second-order valence-electron chi connectivity index (χ2n) is 4.64. The molecule has 1 aromatic carbocycles. The molecule has 3 nitrogen and oxygen atoms in total. The highest BCUT2D eigenvalue weighted by atomic mass is 35.5. The van der Waals surface area contributed by atoms with Crippen molar-refractivity contribution >= 4 is 28.9 Å². The summed E-state index contributed by atoms with van der Waals surface area (Å²) in [7, 11) is 0. The topological polar surface area (TPSA) is 32.7 Å². The summed E-state index contributed by atoms with van der Waals surface area (Å²) in [6, 6.07) is 4.31. The highest BCUT2D eigenvalue weighted by Gasteiger charge is 2.37. The predicted octanol–water partition coefficient (Wildman–Crippen LogP) is 3.37. The summed E-state index contributed by atoms with van der Waals surface area (Å²) in [5.41, 5.74) is 1.38. The Hall–Kier alpha value is -1.42. The molecule has 0 bridgehead atoms. The maximum Gasteiger partial charge on any atom is 0.256 e. The molecule has 18 heavy (non-hydrogen) atoms.